The Labute approximate surface area is 111 Å². The summed E-state index contributed by atoms with van der Waals surface area (Å²) in [5.41, 5.74) is 0. The van der Waals surface area contributed by atoms with E-state index in [0.29, 0.717) is 13.0 Å². The number of esters is 1. The van der Waals surface area contributed by atoms with Gasteiger partial charge in [0.1, 0.15) is 0 Å². The fourth-order valence-electron chi connectivity index (χ4n) is 1.40. The number of ether oxygens (including phenoxy) is 1. The van der Waals surface area contributed by atoms with Crippen LogP contribution in [-0.4, -0.2) is 23.7 Å². The number of carboxylic acid groups (broad SMARTS) is 1. The van der Waals surface area contributed by atoms with Crippen LogP contribution in [0.15, 0.2) is 0 Å². The van der Waals surface area contributed by atoms with Crippen LogP contribution in [-0.2, 0) is 14.3 Å². The molecule has 1 atom stereocenters. The van der Waals surface area contributed by atoms with Crippen molar-refractivity contribution in [3.05, 3.63) is 0 Å². The lowest BCUT2D eigenvalue weighted by atomic mass is 10.0. The lowest BCUT2D eigenvalue weighted by molar-refractivity contribution is -0.143. The van der Waals surface area contributed by atoms with E-state index in [9.17, 15) is 9.59 Å². The second-order valence-corrected chi connectivity index (χ2v) is 4.14. The van der Waals surface area contributed by atoms with Crippen LogP contribution in [0.1, 0.15) is 66.2 Å². The van der Waals surface area contributed by atoms with E-state index in [2.05, 4.69) is 6.92 Å². The van der Waals surface area contributed by atoms with Crippen LogP contribution in [0.2, 0.25) is 0 Å². The number of hydrogen-bond donors (Lipinski definition) is 1. The number of rotatable bonds is 8. The quantitative estimate of drug-likeness (QED) is 0.677. The summed E-state index contributed by atoms with van der Waals surface area (Å²) < 4.78 is 4.70. The van der Waals surface area contributed by atoms with Crippen molar-refractivity contribution in [3.63, 3.8) is 0 Å². The second kappa shape index (κ2) is 14.0. The Morgan fingerprint density at radius 3 is 2.00 bits per heavy atom. The molecule has 0 aromatic heterocycles. The molecule has 0 heterocycles. The van der Waals surface area contributed by atoms with Crippen LogP contribution >= 0.6 is 0 Å². The third kappa shape index (κ3) is 13.0. The average molecular weight is 260 g/mol. The van der Waals surface area contributed by atoms with Crippen molar-refractivity contribution in [2.75, 3.05) is 6.61 Å². The Morgan fingerprint density at radius 1 is 1.11 bits per heavy atom. The van der Waals surface area contributed by atoms with Crippen LogP contribution in [0.25, 0.3) is 0 Å². The predicted molar refractivity (Wildman–Crippen MR) is 72.5 cm³/mol. The maximum Gasteiger partial charge on any atom is 0.306 e. The molecular weight excluding hydrogens is 232 g/mol. The van der Waals surface area contributed by atoms with Crippen molar-refractivity contribution in [2.45, 2.75) is 66.2 Å². The van der Waals surface area contributed by atoms with Crippen molar-refractivity contribution in [2.24, 2.45) is 5.92 Å². The highest BCUT2D eigenvalue weighted by Gasteiger charge is 2.12. The highest BCUT2D eigenvalue weighted by atomic mass is 16.5. The first-order chi connectivity index (χ1) is 8.53. The highest BCUT2D eigenvalue weighted by molar-refractivity contribution is 5.69. The Balaban J connectivity index is 0. The molecule has 0 aromatic rings. The molecule has 4 heteroatoms. The topological polar surface area (TPSA) is 63.6 Å². The van der Waals surface area contributed by atoms with Crippen molar-refractivity contribution in [3.8, 4) is 0 Å². The molecule has 0 saturated carbocycles. The van der Waals surface area contributed by atoms with Crippen LogP contribution in [0.4, 0.5) is 0 Å². The van der Waals surface area contributed by atoms with Crippen molar-refractivity contribution >= 4 is 11.9 Å². The Morgan fingerprint density at radius 2 is 1.72 bits per heavy atom. The second-order valence-electron chi connectivity index (χ2n) is 4.14. The maximum absolute atomic E-state index is 10.6. The summed E-state index contributed by atoms with van der Waals surface area (Å²) in [5, 5.41) is 8.50. The van der Waals surface area contributed by atoms with Crippen LogP contribution < -0.4 is 0 Å². The third-order valence-corrected chi connectivity index (χ3v) is 2.52. The summed E-state index contributed by atoms with van der Waals surface area (Å²) >= 11 is 0. The van der Waals surface area contributed by atoms with Gasteiger partial charge in [0.2, 0.25) is 0 Å². The number of carbonyl (C=O) groups excluding carboxylic acids is 1. The van der Waals surface area contributed by atoms with E-state index < -0.39 is 5.97 Å². The van der Waals surface area contributed by atoms with E-state index in [1.165, 1.54) is 0 Å². The van der Waals surface area contributed by atoms with Gasteiger partial charge >= 0.3 is 11.9 Å². The molecule has 0 fully saturated rings. The first kappa shape index (κ1) is 19.3. The standard InChI is InChI=1S/2C7H14O2/c1-3-5-6-7(8)9-4-2;1-3-5-6(4-2)7(8)9/h3-6H2,1-2H3;6H,3-5H2,1-2H3,(H,8,9). The van der Waals surface area contributed by atoms with Gasteiger partial charge in [0.15, 0.2) is 0 Å². The Kier molecular flexibility index (Phi) is 15.0. The normalized spacial score (nSPS) is 11.1. The average Bonchev–Trinajstić information content (AvgIpc) is 2.34. The van der Waals surface area contributed by atoms with Gasteiger partial charge in [-0.3, -0.25) is 9.59 Å². The maximum atomic E-state index is 10.6. The molecule has 18 heavy (non-hydrogen) atoms. The fourth-order valence-corrected chi connectivity index (χ4v) is 1.40. The van der Waals surface area contributed by atoms with Gasteiger partial charge in [-0.05, 0) is 26.2 Å². The van der Waals surface area contributed by atoms with Crippen molar-refractivity contribution in [1.29, 1.82) is 0 Å². The monoisotopic (exact) mass is 260 g/mol. The largest absolute Gasteiger partial charge is 0.481 e. The van der Waals surface area contributed by atoms with E-state index >= 15 is 0 Å². The van der Waals surface area contributed by atoms with Gasteiger partial charge in [-0.25, -0.2) is 0 Å². The first-order valence-corrected chi connectivity index (χ1v) is 6.91. The smallest absolute Gasteiger partial charge is 0.306 e. The molecule has 0 aliphatic carbocycles. The number of aliphatic carboxylic acids is 1. The van der Waals surface area contributed by atoms with E-state index in [-0.39, 0.29) is 11.9 Å². The Bertz CT molecular complexity index is 212. The van der Waals surface area contributed by atoms with E-state index in [1.807, 2.05) is 20.8 Å². The minimum Gasteiger partial charge on any atom is -0.481 e. The van der Waals surface area contributed by atoms with Gasteiger partial charge in [-0.2, -0.15) is 0 Å². The van der Waals surface area contributed by atoms with Crippen molar-refractivity contribution < 1.29 is 19.4 Å². The minimum atomic E-state index is -0.653. The van der Waals surface area contributed by atoms with Gasteiger partial charge in [0.25, 0.3) is 0 Å². The van der Waals surface area contributed by atoms with Gasteiger partial charge < -0.3 is 9.84 Å². The zero-order valence-electron chi connectivity index (χ0n) is 12.2. The molecule has 0 aliphatic heterocycles. The molecule has 0 rings (SSSR count). The molecule has 0 saturated heterocycles. The van der Waals surface area contributed by atoms with Gasteiger partial charge in [-0.15, -0.1) is 0 Å². The highest BCUT2D eigenvalue weighted by Crippen LogP contribution is 2.09. The fraction of sp³-hybridized carbons (Fsp3) is 0.857. The molecule has 1 unspecified atom stereocenters. The third-order valence-electron chi connectivity index (χ3n) is 2.52. The zero-order chi connectivity index (χ0) is 14.4. The molecule has 0 bridgehead atoms. The van der Waals surface area contributed by atoms with Crippen LogP contribution in [0, 0.1) is 5.92 Å². The number of carboxylic acids is 1. The minimum absolute atomic E-state index is 0.0700. The molecule has 0 radical (unpaired) electrons. The van der Waals surface area contributed by atoms with Crippen molar-refractivity contribution in [1.82, 2.24) is 0 Å². The lowest BCUT2D eigenvalue weighted by Gasteiger charge is -2.05. The van der Waals surface area contributed by atoms with Crippen LogP contribution in [0.3, 0.4) is 0 Å². The molecule has 0 amide bonds. The van der Waals surface area contributed by atoms with Gasteiger partial charge in [0, 0.05) is 6.42 Å². The molecule has 4 nitrogen and oxygen atoms in total. The van der Waals surface area contributed by atoms with Gasteiger partial charge in [-0.1, -0.05) is 33.6 Å². The summed E-state index contributed by atoms with van der Waals surface area (Å²) in [7, 11) is 0. The summed E-state index contributed by atoms with van der Waals surface area (Å²) in [6.07, 6.45) is 5.10. The summed E-state index contributed by atoms with van der Waals surface area (Å²) in [6, 6.07) is 0. The molecule has 108 valence electrons. The zero-order valence-corrected chi connectivity index (χ0v) is 12.2. The molecule has 0 aromatic carbocycles. The molecular formula is C14H28O4. The SMILES string of the molecule is CCCC(CC)C(=O)O.CCCCC(=O)OCC. The first-order valence-electron chi connectivity index (χ1n) is 6.91. The summed E-state index contributed by atoms with van der Waals surface area (Å²) in [6.45, 7) is 8.30. The number of carbonyl (C=O) groups is 2. The van der Waals surface area contributed by atoms with E-state index in [0.717, 1.165) is 32.1 Å². The summed E-state index contributed by atoms with van der Waals surface area (Å²) in [5.74, 6) is -0.839. The number of hydrogen-bond acceptors (Lipinski definition) is 3. The number of unbranched alkanes of at least 4 members (excludes halogenated alkanes) is 1. The van der Waals surface area contributed by atoms with Gasteiger partial charge in [0.05, 0.1) is 12.5 Å². The van der Waals surface area contributed by atoms with Crippen LogP contribution in [0.5, 0.6) is 0 Å². The molecule has 1 N–H and O–H groups in total. The van der Waals surface area contributed by atoms with E-state index in [4.69, 9.17) is 9.84 Å². The molecule has 0 spiro atoms. The lowest BCUT2D eigenvalue weighted by Crippen LogP contribution is -2.11. The summed E-state index contributed by atoms with van der Waals surface area (Å²) in [4.78, 5) is 20.9. The van der Waals surface area contributed by atoms with E-state index in [1.54, 1.807) is 0 Å². The molecule has 0 aliphatic rings. The predicted octanol–water partition coefficient (Wildman–Crippen LogP) is 3.64. The Hall–Kier alpha value is -1.06.